The summed E-state index contributed by atoms with van der Waals surface area (Å²) in [5, 5.41) is 4.16. The van der Waals surface area contributed by atoms with E-state index >= 15 is 0 Å². The van der Waals surface area contributed by atoms with E-state index in [1.165, 1.54) is 13.2 Å². The topological polar surface area (TPSA) is 53.1 Å². The van der Waals surface area contributed by atoms with Gasteiger partial charge in [0.2, 0.25) is 0 Å². The summed E-state index contributed by atoms with van der Waals surface area (Å²) in [6.07, 6.45) is 3.60. The van der Waals surface area contributed by atoms with Crippen LogP contribution in [-0.4, -0.2) is 23.4 Å². The van der Waals surface area contributed by atoms with Crippen LogP contribution in [0.25, 0.3) is 11.1 Å². The first-order valence-electron chi connectivity index (χ1n) is 5.31. The monoisotopic (exact) mass is 235 g/mol. The normalized spacial score (nSPS) is 10.5. The SMILES string of the molecule is COc1cc(-c2cnn(CCN)c2)ccc1F. The zero-order valence-corrected chi connectivity index (χ0v) is 9.56. The molecular weight excluding hydrogens is 221 g/mol. The second-order valence-electron chi connectivity index (χ2n) is 3.63. The lowest BCUT2D eigenvalue weighted by Gasteiger charge is -2.03. The Morgan fingerprint density at radius 1 is 1.41 bits per heavy atom. The first kappa shape index (κ1) is 11.6. The molecule has 1 aromatic heterocycles. The minimum absolute atomic E-state index is 0.231. The lowest BCUT2D eigenvalue weighted by atomic mass is 10.1. The number of nitrogens with zero attached hydrogens (tertiary/aromatic N) is 2. The molecule has 0 fully saturated rings. The van der Waals surface area contributed by atoms with Crippen molar-refractivity contribution in [3.8, 4) is 16.9 Å². The van der Waals surface area contributed by atoms with Gasteiger partial charge in [-0.15, -0.1) is 0 Å². The molecule has 0 aliphatic carbocycles. The molecule has 0 aliphatic rings. The van der Waals surface area contributed by atoms with Crippen LogP contribution < -0.4 is 10.5 Å². The van der Waals surface area contributed by atoms with Gasteiger partial charge in [0.05, 0.1) is 19.9 Å². The van der Waals surface area contributed by atoms with E-state index in [9.17, 15) is 4.39 Å². The van der Waals surface area contributed by atoms with Crippen LogP contribution in [0.5, 0.6) is 5.75 Å². The average molecular weight is 235 g/mol. The second-order valence-corrected chi connectivity index (χ2v) is 3.63. The molecule has 5 heteroatoms. The van der Waals surface area contributed by atoms with E-state index in [-0.39, 0.29) is 11.6 Å². The van der Waals surface area contributed by atoms with E-state index < -0.39 is 0 Å². The Kier molecular flexibility index (Phi) is 3.39. The number of aromatic nitrogens is 2. The highest BCUT2D eigenvalue weighted by atomic mass is 19.1. The van der Waals surface area contributed by atoms with Crippen molar-refractivity contribution in [2.75, 3.05) is 13.7 Å². The molecular formula is C12H14FN3O. The first-order valence-corrected chi connectivity index (χ1v) is 5.31. The molecule has 0 unspecified atom stereocenters. The predicted octanol–water partition coefficient (Wildman–Crippen LogP) is 1.66. The van der Waals surface area contributed by atoms with Gasteiger partial charge in [0, 0.05) is 18.3 Å². The number of benzene rings is 1. The van der Waals surface area contributed by atoms with Gasteiger partial charge in [-0.25, -0.2) is 4.39 Å². The molecule has 2 aromatic rings. The summed E-state index contributed by atoms with van der Waals surface area (Å²) in [7, 11) is 1.44. The number of hydrogen-bond acceptors (Lipinski definition) is 3. The number of halogens is 1. The Bertz CT molecular complexity index is 510. The number of rotatable bonds is 4. The first-order chi connectivity index (χ1) is 8.24. The van der Waals surface area contributed by atoms with Crippen LogP contribution in [0.3, 0.4) is 0 Å². The maximum Gasteiger partial charge on any atom is 0.165 e. The van der Waals surface area contributed by atoms with Crippen molar-refractivity contribution in [3.05, 3.63) is 36.4 Å². The zero-order valence-electron chi connectivity index (χ0n) is 9.56. The van der Waals surface area contributed by atoms with E-state index in [0.717, 1.165) is 11.1 Å². The van der Waals surface area contributed by atoms with E-state index in [0.29, 0.717) is 13.1 Å². The number of methoxy groups -OCH3 is 1. The van der Waals surface area contributed by atoms with Crippen LogP contribution in [0.15, 0.2) is 30.6 Å². The van der Waals surface area contributed by atoms with E-state index in [1.54, 1.807) is 23.0 Å². The molecule has 0 saturated carbocycles. The fourth-order valence-corrected chi connectivity index (χ4v) is 1.61. The maximum absolute atomic E-state index is 13.2. The van der Waals surface area contributed by atoms with Crippen molar-refractivity contribution >= 4 is 0 Å². The third-order valence-corrected chi connectivity index (χ3v) is 2.48. The summed E-state index contributed by atoms with van der Waals surface area (Å²) < 4.78 is 19.9. The molecule has 0 atom stereocenters. The summed E-state index contributed by atoms with van der Waals surface area (Å²) in [4.78, 5) is 0. The molecule has 0 radical (unpaired) electrons. The Morgan fingerprint density at radius 3 is 2.94 bits per heavy atom. The predicted molar refractivity (Wildman–Crippen MR) is 63.2 cm³/mol. The van der Waals surface area contributed by atoms with Gasteiger partial charge in [-0.2, -0.15) is 5.10 Å². The zero-order chi connectivity index (χ0) is 12.3. The van der Waals surface area contributed by atoms with Gasteiger partial charge in [0.1, 0.15) is 0 Å². The molecule has 4 nitrogen and oxygen atoms in total. The Hall–Kier alpha value is -1.88. The molecule has 0 aliphatic heterocycles. The molecule has 0 saturated heterocycles. The van der Waals surface area contributed by atoms with E-state index in [2.05, 4.69) is 5.10 Å². The largest absolute Gasteiger partial charge is 0.494 e. The molecule has 2 rings (SSSR count). The van der Waals surface area contributed by atoms with Crippen molar-refractivity contribution in [2.45, 2.75) is 6.54 Å². The van der Waals surface area contributed by atoms with Crippen molar-refractivity contribution in [3.63, 3.8) is 0 Å². The molecule has 0 spiro atoms. The standard InChI is InChI=1S/C12H14FN3O/c1-17-12-6-9(2-3-11(12)13)10-7-15-16(8-10)5-4-14/h2-3,6-8H,4-5,14H2,1H3. The van der Waals surface area contributed by atoms with Crippen LogP contribution in [0.1, 0.15) is 0 Å². The summed E-state index contributed by atoms with van der Waals surface area (Å²) >= 11 is 0. The molecule has 90 valence electrons. The Balaban J connectivity index is 2.32. The molecule has 0 amide bonds. The van der Waals surface area contributed by atoms with Gasteiger partial charge in [-0.05, 0) is 17.7 Å². The highest BCUT2D eigenvalue weighted by molar-refractivity contribution is 5.63. The lowest BCUT2D eigenvalue weighted by molar-refractivity contribution is 0.387. The summed E-state index contributed by atoms with van der Waals surface area (Å²) in [6.45, 7) is 1.20. The van der Waals surface area contributed by atoms with Crippen LogP contribution in [0.2, 0.25) is 0 Å². The smallest absolute Gasteiger partial charge is 0.165 e. The maximum atomic E-state index is 13.2. The molecule has 0 bridgehead atoms. The van der Waals surface area contributed by atoms with E-state index in [4.69, 9.17) is 10.5 Å². The minimum Gasteiger partial charge on any atom is -0.494 e. The van der Waals surface area contributed by atoms with Crippen LogP contribution in [-0.2, 0) is 6.54 Å². The van der Waals surface area contributed by atoms with Gasteiger partial charge in [-0.1, -0.05) is 6.07 Å². The molecule has 1 aromatic carbocycles. The number of ether oxygens (including phenoxy) is 1. The minimum atomic E-state index is -0.370. The third-order valence-electron chi connectivity index (χ3n) is 2.48. The Morgan fingerprint density at radius 2 is 2.24 bits per heavy atom. The summed E-state index contributed by atoms with van der Waals surface area (Å²) in [6, 6.07) is 4.73. The van der Waals surface area contributed by atoms with Crippen LogP contribution in [0, 0.1) is 5.82 Å². The van der Waals surface area contributed by atoms with Gasteiger partial charge in [-0.3, -0.25) is 4.68 Å². The third kappa shape index (κ3) is 2.45. The average Bonchev–Trinajstić information content (AvgIpc) is 2.79. The van der Waals surface area contributed by atoms with Crippen LogP contribution in [0.4, 0.5) is 4.39 Å². The molecule has 1 heterocycles. The lowest BCUT2D eigenvalue weighted by Crippen LogP contribution is -2.09. The summed E-state index contributed by atoms with van der Waals surface area (Å²) in [5.74, 6) is -0.139. The highest BCUT2D eigenvalue weighted by Crippen LogP contribution is 2.25. The second kappa shape index (κ2) is 4.97. The van der Waals surface area contributed by atoms with Gasteiger partial charge >= 0.3 is 0 Å². The van der Waals surface area contributed by atoms with Gasteiger partial charge < -0.3 is 10.5 Å². The van der Waals surface area contributed by atoms with E-state index in [1.807, 2.05) is 6.20 Å². The highest BCUT2D eigenvalue weighted by Gasteiger charge is 2.06. The molecule has 2 N–H and O–H groups in total. The van der Waals surface area contributed by atoms with Gasteiger partial charge in [0.15, 0.2) is 11.6 Å². The molecule has 17 heavy (non-hydrogen) atoms. The van der Waals surface area contributed by atoms with Crippen molar-refractivity contribution in [1.82, 2.24) is 9.78 Å². The fraction of sp³-hybridized carbons (Fsp3) is 0.250. The van der Waals surface area contributed by atoms with Crippen molar-refractivity contribution in [1.29, 1.82) is 0 Å². The fourth-order valence-electron chi connectivity index (χ4n) is 1.61. The number of hydrogen-bond donors (Lipinski definition) is 1. The van der Waals surface area contributed by atoms with Gasteiger partial charge in [0.25, 0.3) is 0 Å². The Labute approximate surface area is 98.8 Å². The van der Waals surface area contributed by atoms with Crippen molar-refractivity contribution in [2.24, 2.45) is 5.73 Å². The van der Waals surface area contributed by atoms with Crippen molar-refractivity contribution < 1.29 is 9.13 Å². The van der Waals surface area contributed by atoms with Crippen LogP contribution >= 0.6 is 0 Å². The quantitative estimate of drug-likeness (QED) is 0.876. The number of nitrogens with two attached hydrogens (primary N) is 1. The summed E-state index contributed by atoms with van der Waals surface area (Å²) in [5.41, 5.74) is 7.22.